The van der Waals surface area contributed by atoms with Crippen molar-refractivity contribution in [2.45, 2.75) is 13.3 Å². The quantitative estimate of drug-likeness (QED) is 0.320. The predicted octanol–water partition coefficient (Wildman–Crippen LogP) is 0.779. The van der Waals surface area contributed by atoms with Gasteiger partial charge < -0.3 is 18.7 Å². The molecule has 0 fully saturated rings. The molecule has 0 aromatic heterocycles. The molecule has 0 aliphatic carbocycles. The Morgan fingerprint density at radius 3 is 2.40 bits per heavy atom. The minimum absolute atomic E-state index is 0.266. The van der Waals surface area contributed by atoms with Crippen molar-refractivity contribution in [2.24, 2.45) is 0 Å². The van der Waals surface area contributed by atoms with E-state index >= 15 is 0 Å². The molecule has 0 aromatic carbocycles. The minimum atomic E-state index is -0.272. The van der Waals surface area contributed by atoms with Gasteiger partial charge in [-0.3, -0.25) is 4.79 Å². The summed E-state index contributed by atoms with van der Waals surface area (Å²) in [4.78, 5) is 10.9. The summed E-state index contributed by atoms with van der Waals surface area (Å²) in [5.41, 5.74) is 0. The second-order valence-corrected chi connectivity index (χ2v) is 2.98. The number of esters is 1. The van der Waals surface area contributed by atoms with Gasteiger partial charge in [-0.2, -0.15) is 0 Å². The third kappa shape index (κ3) is 11.7. The third-order valence-corrected chi connectivity index (χ3v) is 1.73. The van der Waals surface area contributed by atoms with Crippen molar-refractivity contribution in [1.82, 2.24) is 0 Å². The normalized spacial score (nSPS) is 10.3. The molecule has 0 amide bonds. The summed E-state index contributed by atoms with van der Waals surface area (Å²) in [7, 11) is 2.08. The Hall–Kier alpha value is -0.220. The number of hydrogen-bond donors (Lipinski definition) is 0. The van der Waals surface area contributed by atoms with Crippen molar-refractivity contribution in [2.75, 3.05) is 39.6 Å². The number of hydrogen-bond acceptors (Lipinski definition) is 5. The van der Waals surface area contributed by atoms with Crippen LogP contribution in [0, 0.1) is 0 Å². The number of carbonyl (C=O) groups excluding carboxylic acids is 1. The van der Waals surface area contributed by atoms with Crippen LogP contribution in [0.5, 0.6) is 0 Å². The van der Waals surface area contributed by atoms with E-state index in [1.165, 1.54) is 0 Å². The van der Waals surface area contributed by atoms with Gasteiger partial charge in [-0.05, 0) is 6.92 Å². The summed E-state index contributed by atoms with van der Waals surface area (Å²) in [6.07, 6.45) is 0.266. The van der Waals surface area contributed by atoms with E-state index in [9.17, 15) is 4.79 Å². The van der Waals surface area contributed by atoms with Crippen LogP contribution in [0.25, 0.3) is 0 Å². The van der Waals surface area contributed by atoms with Gasteiger partial charge in [-0.15, -0.1) is 0 Å². The summed E-state index contributed by atoms with van der Waals surface area (Å²) in [6, 6.07) is 0. The molecule has 6 heteroatoms. The number of carbonyl (C=O) groups is 1. The zero-order chi connectivity index (χ0) is 11.4. The largest absolute Gasteiger partial charge is 0.463 e. The fraction of sp³-hybridized carbons (Fsp3) is 0.889. The Bertz CT molecular complexity index is 153. The monoisotopic (exact) mass is 238 g/mol. The maximum absolute atomic E-state index is 10.9. The molecule has 90 valence electrons. The zero-order valence-corrected chi connectivity index (χ0v) is 10.2. The maximum atomic E-state index is 10.9. The van der Waals surface area contributed by atoms with Gasteiger partial charge in [0.15, 0.2) is 0 Å². The Labute approximate surface area is 92.7 Å². The van der Waals surface area contributed by atoms with Crippen LogP contribution in [-0.2, 0) is 23.5 Å². The molecular formula is C9H19O5P. The Morgan fingerprint density at radius 1 is 1.07 bits per heavy atom. The Kier molecular flexibility index (Phi) is 11.7. The lowest BCUT2D eigenvalue weighted by atomic mass is 10.5. The summed E-state index contributed by atoms with van der Waals surface area (Å²) < 4.78 is 19.7. The molecule has 1 atom stereocenters. The molecule has 1 unspecified atom stereocenters. The Balaban J connectivity index is 3.06. The lowest BCUT2D eigenvalue weighted by Crippen LogP contribution is -2.13. The van der Waals surface area contributed by atoms with E-state index in [-0.39, 0.29) is 19.0 Å². The first-order valence-electron chi connectivity index (χ1n) is 4.94. The van der Waals surface area contributed by atoms with Crippen LogP contribution in [-0.4, -0.2) is 45.6 Å². The molecular weight excluding hydrogens is 219 g/mol. The van der Waals surface area contributed by atoms with Crippen LogP contribution < -0.4 is 0 Å². The fourth-order valence-electron chi connectivity index (χ4n) is 0.793. The van der Waals surface area contributed by atoms with E-state index in [2.05, 4.69) is 14.0 Å². The van der Waals surface area contributed by atoms with Crippen molar-refractivity contribution in [3.8, 4) is 0 Å². The molecule has 15 heavy (non-hydrogen) atoms. The highest BCUT2D eigenvalue weighted by molar-refractivity contribution is 7.09. The molecule has 0 aromatic rings. The van der Waals surface area contributed by atoms with Gasteiger partial charge in [0.25, 0.3) is 0 Å². The second-order valence-electron chi connectivity index (χ2n) is 2.65. The van der Waals surface area contributed by atoms with Crippen molar-refractivity contribution < 1.29 is 23.5 Å². The molecule has 0 saturated heterocycles. The van der Waals surface area contributed by atoms with Crippen molar-refractivity contribution in [3.63, 3.8) is 0 Å². The molecule has 0 saturated carbocycles. The zero-order valence-electron chi connectivity index (χ0n) is 9.07. The first-order valence-corrected chi connectivity index (χ1v) is 5.41. The van der Waals surface area contributed by atoms with E-state index in [0.29, 0.717) is 33.0 Å². The van der Waals surface area contributed by atoms with Crippen molar-refractivity contribution in [1.29, 1.82) is 0 Å². The van der Waals surface area contributed by atoms with Crippen LogP contribution in [0.1, 0.15) is 13.3 Å². The highest BCUT2D eigenvalue weighted by Crippen LogP contribution is 1.92. The maximum Gasteiger partial charge on any atom is 0.308 e. The van der Waals surface area contributed by atoms with Gasteiger partial charge in [-0.25, -0.2) is 0 Å². The highest BCUT2D eigenvalue weighted by atomic mass is 31.0. The first kappa shape index (κ1) is 14.8. The highest BCUT2D eigenvalue weighted by Gasteiger charge is 2.01. The topological polar surface area (TPSA) is 54.0 Å². The molecule has 5 nitrogen and oxygen atoms in total. The van der Waals surface area contributed by atoms with E-state index < -0.39 is 0 Å². The molecule has 0 aliphatic rings. The SMILES string of the molecule is CCOCCOCCOC(=O)CCOP. The van der Waals surface area contributed by atoms with E-state index in [1.54, 1.807) is 0 Å². The summed E-state index contributed by atoms with van der Waals surface area (Å²) in [5.74, 6) is -0.272. The predicted molar refractivity (Wildman–Crippen MR) is 58.6 cm³/mol. The second kappa shape index (κ2) is 11.9. The van der Waals surface area contributed by atoms with Crippen LogP contribution >= 0.6 is 9.47 Å². The van der Waals surface area contributed by atoms with E-state index in [4.69, 9.17) is 14.2 Å². The average molecular weight is 238 g/mol. The van der Waals surface area contributed by atoms with Gasteiger partial charge in [0, 0.05) is 16.1 Å². The molecule has 0 rings (SSSR count). The molecule has 0 bridgehead atoms. The molecule has 0 aliphatic heterocycles. The van der Waals surface area contributed by atoms with E-state index in [0.717, 1.165) is 0 Å². The summed E-state index contributed by atoms with van der Waals surface area (Å²) >= 11 is 0. The van der Waals surface area contributed by atoms with Crippen LogP contribution in [0.2, 0.25) is 0 Å². The smallest absolute Gasteiger partial charge is 0.308 e. The molecule has 0 spiro atoms. The molecule has 0 N–H and O–H groups in total. The Morgan fingerprint density at radius 2 is 1.73 bits per heavy atom. The van der Waals surface area contributed by atoms with E-state index in [1.807, 2.05) is 6.92 Å². The van der Waals surface area contributed by atoms with Gasteiger partial charge in [0.05, 0.1) is 32.8 Å². The van der Waals surface area contributed by atoms with Gasteiger partial charge >= 0.3 is 5.97 Å². The van der Waals surface area contributed by atoms with Crippen LogP contribution in [0.15, 0.2) is 0 Å². The van der Waals surface area contributed by atoms with Gasteiger partial charge in [0.1, 0.15) is 6.61 Å². The van der Waals surface area contributed by atoms with Gasteiger partial charge in [0.2, 0.25) is 0 Å². The lowest BCUT2D eigenvalue weighted by Gasteiger charge is -2.05. The third-order valence-electron chi connectivity index (χ3n) is 1.49. The number of ether oxygens (including phenoxy) is 3. The minimum Gasteiger partial charge on any atom is -0.463 e. The summed E-state index contributed by atoms with van der Waals surface area (Å²) in [6.45, 7) is 4.76. The lowest BCUT2D eigenvalue weighted by molar-refractivity contribution is -0.145. The molecule has 0 radical (unpaired) electrons. The fourth-order valence-corrected chi connectivity index (χ4v) is 0.911. The van der Waals surface area contributed by atoms with Crippen molar-refractivity contribution >= 4 is 15.4 Å². The molecule has 0 heterocycles. The number of rotatable bonds is 10. The average Bonchev–Trinajstić information content (AvgIpc) is 2.25. The summed E-state index contributed by atoms with van der Waals surface area (Å²) in [5, 5.41) is 0. The van der Waals surface area contributed by atoms with Crippen LogP contribution in [0.3, 0.4) is 0 Å². The van der Waals surface area contributed by atoms with Crippen molar-refractivity contribution in [3.05, 3.63) is 0 Å². The van der Waals surface area contributed by atoms with Crippen LogP contribution in [0.4, 0.5) is 0 Å². The van der Waals surface area contributed by atoms with Gasteiger partial charge in [-0.1, -0.05) is 0 Å². The first-order chi connectivity index (χ1) is 7.31. The standard InChI is InChI=1S/C9H19O5P/c1-2-11-5-6-12-7-8-13-9(10)3-4-14-15/h2-8,15H2,1H3.